The molecule has 0 amide bonds. The summed E-state index contributed by atoms with van der Waals surface area (Å²) in [5.41, 5.74) is 3.51. The van der Waals surface area contributed by atoms with Crippen LogP contribution < -0.4 is 0 Å². The molecule has 1 fully saturated rings. The molecule has 3 rings (SSSR count). The molecule has 17 heavy (non-hydrogen) atoms. The standard InChI is InChI=1S/C17H18/c1-16(2)13-17(16,14-9-5-3-6-10-14)15-11-7-4-8-12-15/h3-12H,13H2,1-2H3. The normalized spacial score (nSPS) is 19.9. The molecule has 2 aromatic carbocycles. The van der Waals surface area contributed by atoms with Crippen LogP contribution in [0.4, 0.5) is 0 Å². The van der Waals surface area contributed by atoms with Crippen molar-refractivity contribution in [2.75, 3.05) is 0 Å². The molecule has 0 unspecified atom stereocenters. The Balaban J connectivity index is 2.15. The lowest BCUT2D eigenvalue weighted by molar-refractivity contribution is 0.552. The molecule has 0 saturated heterocycles. The molecule has 1 aliphatic rings. The maximum atomic E-state index is 2.37. The van der Waals surface area contributed by atoms with Gasteiger partial charge >= 0.3 is 0 Å². The average Bonchev–Trinajstić information content (AvgIpc) is 2.96. The Labute approximate surface area is 103 Å². The van der Waals surface area contributed by atoms with E-state index in [2.05, 4.69) is 74.5 Å². The van der Waals surface area contributed by atoms with Crippen molar-refractivity contribution in [2.45, 2.75) is 25.7 Å². The van der Waals surface area contributed by atoms with Gasteiger partial charge in [-0.1, -0.05) is 74.5 Å². The molecule has 0 heteroatoms. The van der Waals surface area contributed by atoms with Gasteiger partial charge in [-0.15, -0.1) is 0 Å². The van der Waals surface area contributed by atoms with Crippen LogP contribution in [-0.4, -0.2) is 0 Å². The van der Waals surface area contributed by atoms with Gasteiger partial charge in [-0.3, -0.25) is 0 Å². The molecule has 0 aliphatic heterocycles. The topological polar surface area (TPSA) is 0 Å². The Morgan fingerprint density at radius 3 is 1.35 bits per heavy atom. The van der Waals surface area contributed by atoms with E-state index in [1.165, 1.54) is 17.5 Å². The molecule has 0 radical (unpaired) electrons. The van der Waals surface area contributed by atoms with Crippen molar-refractivity contribution < 1.29 is 0 Å². The Hall–Kier alpha value is -1.56. The fourth-order valence-electron chi connectivity index (χ4n) is 3.22. The lowest BCUT2D eigenvalue weighted by Gasteiger charge is -2.22. The molecule has 0 nitrogen and oxygen atoms in total. The molecule has 0 heterocycles. The third-order valence-corrected chi connectivity index (χ3v) is 4.27. The minimum absolute atomic E-state index is 0.232. The smallest absolute Gasteiger partial charge is 0.0259 e. The first kappa shape index (κ1) is 10.6. The second-order valence-electron chi connectivity index (χ2n) is 5.70. The third-order valence-electron chi connectivity index (χ3n) is 4.27. The van der Waals surface area contributed by atoms with E-state index in [1.807, 2.05) is 0 Å². The maximum Gasteiger partial charge on any atom is 0.0259 e. The van der Waals surface area contributed by atoms with E-state index < -0.39 is 0 Å². The molecule has 0 spiro atoms. The highest BCUT2D eigenvalue weighted by Crippen LogP contribution is 2.67. The highest BCUT2D eigenvalue weighted by Gasteiger charge is 2.62. The van der Waals surface area contributed by atoms with Gasteiger partial charge in [0.25, 0.3) is 0 Å². The van der Waals surface area contributed by atoms with Crippen molar-refractivity contribution in [3.8, 4) is 0 Å². The lowest BCUT2D eigenvalue weighted by atomic mass is 9.82. The summed E-state index contributed by atoms with van der Waals surface area (Å²) in [6, 6.07) is 21.8. The fourth-order valence-corrected chi connectivity index (χ4v) is 3.22. The van der Waals surface area contributed by atoms with Crippen molar-refractivity contribution in [2.24, 2.45) is 5.41 Å². The van der Waals surface area contributed by atoms with Crippen molar-refractivity contribution >= 4 is 0 Å². The molecule has 0 bridgehead atoms. The highest BCUT2D eigenvalue weighted by atomic mass is 14.6. The van der Waals surface area contributed by atoms with Gasteiger partial charge in [0.05, 0.1) is 0 Å². The van der Waals surface area contributed by atoms with E-state index >= 15 is 0 Å². The molecular weight excluding hydrogens is 204 g/mol. The summed E-state index contributed by atoms with van der Waals surface area (Å²) < 4.78 is 0. The van der Waals surface area contributed by atoms with E-state index in [4.69, 9.17) is 0 Å². The first-order chi connectivity index (χ1) is 8.17. The summed E-state index contributed by atoms with van der Waals surface area (Å²) in [6.07, 6.45) is 1.24. The van der Waals surface area contributed by atoms with Crippen LogP contribution in [0.25, 0.3) is 0 Å². The zero-order valence-electron chi connectivity index (χ0n) is 10.5. The Morgan fingerprint density at radius 2 is 1.06 bits per heavy atom. The molecule has 86 valence electrons. The highest BCUT2D eigenvalue weighted by molar-refractivity contribution is 5.49. The fraction of sp³-hybridized carbons (Fsp3) is 0.294. The van der Waals surface area contributed by atoms with Gasteiger partial charge in [-0.25, -0.2) is 0 Å². The van der Waals surface area contributed by atoms with Gasteiger partial charge in [-0.05, 0) is 23.0 Å². The quantitative estimate of drug-likeness (QED) is 0.706. The van der Waals surface area contributed by atoms with Gasteiger partial charge in [0, 0.05) is 5.41 Å². The van der Waals surface area contributed by atoms with Gasteiger partial charge in [0.2, 0.25) is 0 Å². The summed E-state index contributed by atoms with van der Waals surface area (Å²) in [7, 11) is 0. The molecular formula is C17H18. The molecule has 0 atom stereocenters. The van der Waals surface area contributed by atoms with Crippen LogP contribution in [0.15, 0.2) is 60.7 Å². The molecule has 1 saturated carbocycles. The van der Waals surface area contributed by atoms with Gasteiger partial charge < -0.3 is 0 Å². The monoisotopic (exact) mass is 222 g/mol. The molecule has 0 aromatic heterocycles. The van der Waals surface area contributed by atoms with Crippen LogP contribution in [0.5, 0.6) is 0 Å². The van der Waals surface area contributed by atoms with Crippen molar-refractivity contribution in [1.82, 2.24) is 0 Å². The summed E-state index contributed by atoms with van der Waals surface area (Å²) in [5, 5.41) is 0. The van der Waals surface area contributed by atoms with E-state index in [1.54, 1.807) is 0 Å². The van der Waals surface area contributed by atoms with Crippen LogP contribution in [0.3, 0.4) is 0 Å². The summed E-state index contributed by atoms with van der Waals surface area (Å²) in [4.78, 5) is 0. The summed E-state index contributed by atoms with van der Waals surface area (Å²) in [6.45, 7) is 4.74. The second-order valence-corrected chi connectivity index (χ2v) is 5.70. The molecule has 2 aromatic rings. The largest absolute Gasteiger partial charge is 0.0622 e. The second kappa shape index (κ2) is 3.46. The summed E-state index contributed by atoms with van der Waals surface area (Å²) >= 11 is 0. The lowest BCUT2D eigenvalue weighted by Crippen LogP contribution is -2.15. The average molecular weight is 222 g/mol. The predicted molar refractivity (Wildman–Crippen MR) is 72.1 cm³/mol. The van der Waals surface area contributed by atoms with Gasteiger partial charge in [0.1, 0.15) is 0 Å². The van der Waals surface area contributed by atoms with Gasteiger partial charge in [0.15, 0.2) is 0 Å². The van der Waals surface area contributed by atoms with Crippen LogP contribution >= 0.6 is 0 Å². The zero-order chi connectivity index (χ0) is 11.9. The summed E-state index contributed by atoms with van der Waals surface area (Å²) in [5.74, 6) is 0. The first-order valence-electron chi connectivity index (χ1n) is 6.28. The van der Waals surface area contributed by atoms with Crippen molar-refractivity contribution in [3.63, 3.8) is 0 Å². The SMILES string of the molecule is CC1(C)CC1(c1ccccc1)c1ccccc1. The van der Waals surface area contributed by atoms with E-state index in [-0.39, 0.29) is 5.41 Å². The van der Waals surface area contributed by atoms with Gasteiger partial charge in [-0.2, -0.15) is 0 Å². The number of hydrogen-bond acceptors (Lipinski definition) is 0. The first-order valence-corrected chi connectivity index (χ1v) is 6.28. The van der Waals surface area contributed by atoms with E-state index in [0.717, 1.165) is 0 Å². The minimum Gasteiger partial charge on any atom is -0.0622 e. The number of hydrogen-bond donors (Lipinski definition) is 0. The van der Waals surface area contributed by atoms with Crippen molar-refractivity contribution in [3.05, 3.63) is 71.8 Å². The Kier molecular flexibility index (Phi) is 2.16. The number of benzene rings is 2. The molecule has 0 N–H and O–H groups in total. The minimum atomic E-state index is 0.232. The Morgan fingerprint density at radius 1 is 0.706 bits per heavy atom. The van der Waals surface area contributed by atoms with Crippen LogP contribution in [0.2, 0.25) is 0 Å². The van der Waals surface area contributed by atoms with Crippen LogP contribution in [0.1, 0.15) is 31.4 Å². The molecule has 1 aliphatic carbocycles. The Bertz CT molecular complexity index is 469. The number of rotatable bonds is 2. The van der Waals surface area contributed by atoms with Crippen LogP contribution in [0, 0.1) is 5.41 Å². The van der Waals surface area contributed by atoms with E-state index in [9.17, 15) is 0 Å². The van der Waals surface area contributed by atoms with Crippen molar-refractivity contribution in [1.29, 1.82) is 0 Å². The zero-order valence-corrected chi connectivity index (χ0v) is 10.5. The maximum absolute atomic E-state index is 2.37. The van der Waals surface area contributed by atoms with E-state index in [0.29, 0.717) is 5.41 Å². The third kappa shape index (κ3) is 1.44. The predicted octanol–water partition coefficient (Wildman–Crippen LogP) is 4.40. The van der Waals surface area contributed by atoms with Crippen LogP contribution in [-0.2, 0) is 5.41 Å².